The minimum Gasteiger partial charge on any atom is -0.397 e. The molecule has 5 heteroatoms. The molecule has 3 nitrogen and oxygen atoms in total. The molecule has 3 N–H and O–H groups in total. The average Bonchev–Trinajstić information content (AvgIpc) is 2.21. The van der Waals surface area contributed by atoms with Gasteiger partial charge < -0.3 is 15.8 Å². The van der Waals surface area contributed by atoms with Gasteiger partial charge in [-0.1, -0.05) is 0 Å². The first kappa shape index (κ1) is 11.1. The molecule has 88 valence electrons. The molecule has 0 unspecified atom stereocenters. The minimum atomic E-state index is -0.916. The van der Waals surface area contributed by atoms with Gasteiger partial charge in [-0.2, -0.15) is 0 Å². The van der Waals surface area contributed by atoms with E-state index < -0.39 is 11.6 Å². The lowest BCUT2D eigenvalue weighted by Gasteiger charge is -2.35. The van der Waals surface area contributed by atoms with E-state index in [1.807, 2.05) is 0 Å². The summed E-state index contributed by atoms with van der Waals surface area (Å²) in [7, 11) is 1.64. The summed E-state index contributed by atoms with van der Waals surface area (Å²) in [5, 5.41) is 2.90. The van der Waals surface area contributed by atoms with Gasteiger partial charge in [0, 0.05) is 13.2 Å². The molecule has 1 aliphatic carbocycles. The zero-order chi connectivity index (χ0) is 11.7. The van der Waals surface area contributed by atoms with Crippen molar-refractivity contribution in [3.63, 3.8) is 0 Å². The number of methoxy groups -OCH3 is 1. The van der Waals surface area contributed by atoms with Crippen LogP contribution in [0.4, 0.5) is 20.2 Å². The summed E-state index contributed by atoms with van der Waals surface area (Å²) in [6.45, 7) is 0. The summed E-state index contributed by atoms with van der Waals surface area (Å²) in [4.78, 5) is 0. The SMILES string of the molecule is COC1CC(Nc2c(N)ccc(F)c2F)C1. The van der Waals surface area contributed by atoms with Crippen LogP contribution in [0.3, 0.4) is 0 Å². The molecule has 1 aliphatic rings. The Morgan fingerprint density at radius 2 is 2.06 bits per heavy atom. The monoisotopic (exact) mass is 228 g/mol. The number of anilines is 2. The third kappa shape index (κ3) is 1.95. The summed E-state index contributed by atoms with van der Waals surface area (Å²) in [6, 6.07) is 2.48. The fourth-order valence-corrected chi connectivity index (χ4v) is 1.79. The molecule has 0 heterocycles. The van der Waals surface area contributed by atoms with Crippen LogP contribution in [-0.2, 0) is 4.74 Å². The van der Waals surface area contributed by atoms with Crippen molar-refractivity contribution in [2.75, 3.05) is 18.2 Å². The van der Waals surface area contributed by atoms with Crippen LogP contribution in [-0.4, -0.2) is 19.3 Å². The Morgan fingerprint density at radius 1 is 1.38 bits per heavy atom. The number of halogens is 2. The molecule has 16 heavy (non-hydrogen) atoms. The molecular formula is C11H14F2N2O. The maximum absolute atomic E-state index is 13.4. The number of nitrogens with one attached hydrogen (secondary N) is 1. The molecule has 1 aromatic carbocycles. The van der Waals surface area contributed by atoms with Gasteiger partial charge in [0.1, 0.15) is 0 Å². The second kappa shape index (κ2) is 4.25. The highest BCUT2D eigenvalue weighted by molar-refractivity contribution is 5.67. The number of hydrogen-bond acceptors (Lipinski definition) is 3. The number of benzene rings is 1. The van der Waals surface area contributed by atoms with Crippen molar-refractivity contribution in [1.29, 1.82) is 0 Å². The molecule has 0 aromatic heterocycles. The van der Waals surface area contributed by atoms with Gasteiger partial charge in [0.2, 0.25) is 0 Å². The topological polar surface area (TPSA) is 47.3 Å². The average molecular weight is 228 g/mol. The van der Waals surface area contributed by atoms with Crippen molar-refractivity contribution in [3.05, 3.63) is 23.8 Å². The first-order valence-corrected chi connectivity index (χ1v) is 5.14. The van der Waals surface area contributed by atoms with Crippen molar-refractivity contribution < 1.29 is 13.5 Å². The van der Waals surface area contributed by atoms with E-state index in [0.29, 0.717) is 0 Å². The zero-order valence-corrected chi connectivity index (χ0v) is 8.97. The van der Waals surface area contributed by atoms with E-state index in [0.717, 1.165) is 18.9 Å². The van der Waals surface area contributed by atoms with Crippen LogP contribution in [0, 0.1) is 11.6 Å². The molecule has 0 aliphatic heterocycles. The molecule has 1 saturated carbocycles. The second-order valence-corrected chi connectivity index (χ2v) is 4.00. The molecule has 0 spiro atoms. The number of nitrogen functional groups attached to an aromatic ring is 1. The van der Waals surface area contributed by atoms with Crippen LogP contribution in [0.5, 0.6) is 0 Å². The number of ether oxygens (including phenoxy) is 1. The van der Waals surface area contributed by atoms with E-state index in [1.165, 1.54) is 6.07 Å². The highest BCUT2D eigenvalue weighted by atomic mass is 19.2. The smallest absolute Gasteiger partial charge is 0.183 e. The Kier molecular flexibility index (Phi) is 2.96. The van der Waals surface area contributed by atoms with Crippen LogP contribution < -0.4 is 11.1 Å². The predicted octanol–water partition coefficient (Wildman–Crippen LogP) is 2.14. The first-order chi connectivity index (χ1) is 7.61. The summed E-state index contributed by atoms with van der Waals surface area (Å²) in [6.07, 6.45) is 1.77. The van der Waals surface area contributed by atoms with Crippen molar-refractivity contribution in [3.8, 4) is 0 Å². The quantitative estimate of drug-likeness (QED) is 0.779. The van der Waals surface area contributed by atoms with Gasteiger partial charge in [0.05, 0.1) is 17.5 Å². The van der Waals surface area contributed by atoms with Gasteiger partial charge in [-0.15, -0.1) is 0 Å². The van der Waals surface area contributed by atoms with Gasteiger partial charge in [0.15, 0.2) is 11.6 Å². The highest BCUT2D eigenvalue weighted by Gasteiger charge is 2.30. The number of nitrogens with two attached hydrogens (primary N) is 1. The third-order valence-corrected chi connectivity index (χ3v) is 2.90. The molecule has 1 aromatic rings. The summed E-state index contributed by atoms with van der Waals surface area (Å²) >= 11 is 0. The lowest BCUT2D eigenvalue weighted by atomic mass is 9.89. The largest absolute Gasteiger partial charge is 0.397 e. The molecule has 2 rings (SSSR count). The Balaban J connectivity index is 2.07. The third-order valence-electron chi connectivity index (χ3n) is 2.90. The van der Waals surface area contributed by atoms with Crippen molar-refractivity contribution in [1.82, 2.24) is 0 Å². The summed E-state index contributed by atoms with van der Waals surface area (Å²) < 4.78 is 31.5. The van der Waals surface area contributed by atoms with E-state index in [9.17, 15) is 8.78 Å². The zero-order valence-electron chi connectivity index (χ0n) is 8.97. The van der Waals surface area contributed by atoms with Gasteiger partial charge in [-0.25, -0.2) is 8.78 Å². The predicted molar refractivity (Wildman–Crippen MR) is 58.2 cm³/mol. The maximum Gasteiger partial charge on any atom is 0.183 e. The van der Waals surface area contributed by atoms with E-state index >= 15 is 0 Å². The van der Waals surface area contributed by atoms with Crippen LogP contribution in [0.25, 0.3) is 0 Å². The lowest BCUT2D eigenvalue weighted by Crippen LogP contribution is -2.40. The minimum absolute atomic E-state index is 0.0551. The molecule has 0 bridgehead atoms. The van der Waals surface area contributed by atoms with Crippen molar-refractivity contribution >= 4 is 11.4 Å². The lowest BCUT2D eigenvalue weighted by molar-refractivity contribution is 0.0328. The van der Waals surface area contributed by atoms with E-state index in [2.05, 4.69) is 5.32 Å². The molecule has 0 atom stereocenters. The van der Waals surface area contributed by atoms with Crippen LogP contribution in [0.1, 0.15) is 12.8 Å². The molecule has 0 radical (unpaired) electrons. The summed E-state index contributed by atoms with van der Waals surface area (Å²) in [5.74, 6) is -1.81. The van der Waals surface area contributed by atoms with Crippen LogP contribution in [0.15, 0.2) is 12.1 Å². The van der Waals surface area contributed by atoms with E-state index in [1.54, 1.807) is 7.11 Å². The Morgan fingerprint density at radius 3 is 2.69 bits per heavy atom. The normalized spacial score (nSPS) is 23.9. The van der Waals surface area contributed by atoms with Gasteiger partial charge in [-0.05, 0) is 25.0 Å². The van der Waals surface area contributed by atoms with E-state index in [4.69, 9.17) is 10.5 Å². The number of rotatable bonds is 3. The van der Waals surface area contributed by atoms with Crippen molar-refractivity contribution in [2.45, 2.75) is 25.0 Å². The Labute approximate surface area is 92.6 Å². The number of hydrogen-bond donors (Lipinski definition) is 2. The van der Waals surface area contributed by atoms with Gasteiger partial charge in [0.25, 0.3) is 0 Å². The fourth-order valence-electron chi connectivity index (χ4n) is 1.79. The molecular weight excluding hydrogens is 214 g/mol. The maximum atomic E-state index is 13.4. The fraction of sp³-hybridized carbons (Fsp3) is 0.455. The highest BCUT2D eigenvalue weighted by Crippen LogP contribution is 2.31. The second-order valence-electron chi connectivity index (χ2n) is 4.00. The molecule has 0 amide bonds. The Hall–Kier alpha value is -1.36. The molecule has 0 saturated heterocycles. The van der Waals surface area contributed by atoms with Crippen molar-refractivity contribution in [2.24, 2.45) is 0 Å². The van der Waals surface area contributed by atoms with Crippen LogP contribution >= 0.6 is 0 Å². The van der Waals surface area contributed by atoms with Gasteiger partial charge in [-0.3, -0.25) is 0 Å². The first-order valence-electron chi connectivity index (χ1n) is 5.14. The Bertz CT molecular complexity index is 392. The van der Waals surface area contributed by atoms with Crippen LogP contribution in [0.2, 0.25) is 0 Å². The van der Waals surface area contributed by atoms with E-state index in [-0.39, 0.29) is 23.5 Å². The molecule has 1 fully saturated rings. The van der Waals surface area contributed by atoms with Gasteiger partial charge >= 0.3 is 0 Å². The standard InChI is InChI=1S/C11H14F2N2O/c1-16-7-4-6(5-7)15-11-9(14)3-2-8(12)10(11)13/h2-3,6-7,15H,4-5,14H2,1H3. The summed E-state index contributed by atoms with van der Waals surface area (Å²) in [5.41, 5.74) is 5.86.